The lowest BCUT2D eigenvalue weighted by Gasteiger charge is -2.37. The first-order valence-corrected chi connectivity index (χ1v) is 5.61. The molecule has 0 aliphatic carbocycles. The standard InChI is InChI=1S/C11H21N3O/c1-3-11(2,15)10-14-8-6-13(5-4-12)7-9-14/h15H,3,5-10H2,1-2H3. The predicted molar refractivity (Wildman–Crippen MR) is 59.4 cm³/mol. The Morgan fingerprint density at radius 3 is 2.27 bits per heavy atom. The van der Waals surface area contributed by atoms with Gasteiger partial charge in [-0.15, -0.1) is 0 Å². The fraction of sp³-hybridized carbons (Fsp3) is 0.909. The van der Waals surface area contributed by atoms with E-state index in [1.165, 1.54) is 0 Å². The lowest BCUT2D eigenvalue weighted by Crippen LogP contribution is -2.51. The first-order chi connectivity index (χ1) is 7.07. The molecule has 1 heterocycles. The summed E-state index contributed by atoms with van der Waals surface area (Å²) in [6, 6.07) is 2.17. The monoisotopic (exact) mass is 211 g/mol. The molecule has 1 atom stereocenters. The molecule has 86 valence electrons. The van der Waals surface area contributed by atoms with Gasteiger partial charge in [-0.05, 0) is 13.3 Å². The smallest absolute Gasteiger partial charge is 0.0866 e. The van der Waals surface area contributed by atoms with E-state index in [9.17, 15) is 5.11 Å². The first-order valence-electron chi connectivity index (χ1n) is 5.61. The molecule has 1 fully saturated rings. The third kappa shape index (κ3) is 4.17. The van der Waals surface area contributed by atoms with Gasteiger partial charge < -0.3 is 5.11 Å². The number of rotatable bonds is 4. The van der Waals surface area contributed by atoms with E-state index in [1.807, 2.05) is 13.8 Å². The molecule has 1 aliphatic heterocycles. The van der Waals surface area contributed by atoms with Crippen LogP contribution in [0.4, 0.5) is 0 Å². The Balaban J connectivity index is 2.29. The van der Waals surface area contributed by atoms with Crippen LogP contribution < -0.4 is 0 Å². The van der Waals surface area contributed by atoms with Gasteiger partial charge in [-0.25, -0.2) is 0 Å². The Bertz CT molecular complexity index is 226. The van der Waals surface area contributed by atoms with Crippen LogP contribution in [0.1, 0.15) is 20.3 Å². The molecule has 0 aromatic heterocycles. The fourth-order valence-electron chi connectivity index (χ4n) is 1.80. The minimum absolute atomic E-state index is 0.526. The minimum atomic E-state index is -0.572. The summed E-state index contributed by atoms with van der Waals surface area (Å²) >= 11 is 0. The maximum atomic E-state index is 9.94. The molecule has 1 rings (SSSR count). The zero-order chi connectivity index (χ0) is 11.3. The van der Waals surface area contributed by atoms with Crippen LogP contribution >= 0.6 is 0 Å². The Morgan fingerprint density at radius 2 is 1.80 bits per heavy atom. The molecule has 0 amide bonds. The number of hydrogen-bond acceptors (Lipinski definition) is 4. The lowest BCUT2D eigenvalue weighted by atomic mass is 10.0. The number of aliphatic hydroxyl groups is 1. The van der Waals surface area contributed by atoms with Crippen LogP contribution in [0.2, 0.25) is 0 Å². The minimum Gasteiger partial charge on any atom is -0.389 e. The van der Waals surface area contributed by atoms with Gasteiger partial charge in [-0.2, -0.15) is 5.26 Å². The van der Waals surface area contributed by atoms with Crippen LogP contribution in [0.25, 0.3) is 0 Å². The quantitative estimate of drug-likeness (QED) is 0.679. The molecule has 4 nitrogen and oxygen atoms in total. The van der Waals surface area contributed by atoms with E-state index in [1.54, 1.807) is 0 Å². The third-order valence-corrected chi connectivity index (χ3v) is 3.09. The molecule has 0 spiro atoms. The second kappa shape index (κ2) is 5.45. The summed E-state index contributed by atoms with van der Waals surface area (Å²) in [5, 5.41) is 18.5. The van der Waals surface area contributed by atoms with Crippen LogP contribution in [0.3, 0.4) is 0 Å². The number of β-amino-alcohol motifs (C(OH)–C–C–N with tert-alkyl or cyclic N) is 1. The molecule has 0 saturated carbocycles. The van der Waals surface area contributed by atoms with E-state index in [0.717, 1.165) is 39.1 Å². The molecule has 1 unspecified atom stereocenters. The van der Waals surface area contributed by atoms with Crippen LogP contribution in [0.5, 0.6) is 0 Å². The van der Waals surface area contributed by atoms with Crippen molar-refractivity contribution < 1.29 is 5.11 Å². The third-order valence-electron chi connectivity index (χ3n) is 3.09. The zero-order valence-electron chi connectivity index (χ0n) is 9.74. The summed E-state index contributed by atoms with van der Waals surface area (Å²) in [6.07, 6.45) is 0.783. The van der Waals surface area contributed by atoms with Crippen molar-refractivity contribution in [1.82, 2.24) is 9.80 Å². The fourth-order valence-corrected chi connectivity index (χ4v) is 1.80. The molecular formula is C11H21N3O. The maximum Gasteiger partial charge on any atom is 0.0866 e. The van der Waals surface area contributed by atoms with Crippen molar-refractivity contribution in [3.05, 3.63) is 0 Å². The van der Waals surface area contributed by atoms with Crippen molar-refractivity contribution in [2.24, 2.45) is 0 Å². The molecular weight excluding hydrogens is 190 g/mol. The van der Waals surface area contributed by atoms with E-state index in [0.29, 0.717) is 6.54 Å². The van der Waals surface area contributed by atoms with Gasteiger partial charge in [-0.1, -0.05) is 6.92 Å². The second-order valence-corrected chi connectivity index (χ2v) is 4.56. The molecule has 0 bridgehead atoms. The van der Waals surface area contributed by atoms with Crippen molar-refractivity contribution in [3.8, 4) is 6.07 Å². The van der Waals surface area contributed by atoms with Gasteiger partial charge in [0, 0.05) is 32.7 Å². The Morgan fingerprint density at radius 1 is 1.27 bits per heavy atom. The van der Waals surface area contributed by atoms with Gasteiger partial charge >= 0.3 is 0 Å². The Labute approximate surface area is 92.1 Å². The van der Waals surface area contributed by atoms with Gasteiger partial charge in [0.15, 0.2) is 0 Å². The maximum absolute atomic E-state index is 9.94. The van der Waals surface area contributed by atoms with Crippen molar-refractivity contribution in [3.63, 3.8) is 0 Å². The normalized spacial score (nSPS) is 23.3. The van der Waals surface area contributed by atoms with E-state index in [-0.39, 0.29) is 0 Å². The Kier molecular flexibility index (Phi) is 4.52. The van der Waals surface area contributed by atoms with Crippen LogP contribution in [-0.2, 0) is 0 Å². The first kappa shape index (κ1) is 12.4. The van der Waals surface area contributed by atoms with E-state index in [4.69, 9.17) is 5.26 Å². The molecule has 0 aromatic rings. The second-order valence-electron chi connectivity index (χ2n) is 4.56. The average molecular weight is 211 g/mol. The highest BCUT2D eigenvalue weighted by atomic mass is 16.3. The summed E-state index contributed by atoms with van der Waals surface area (Å²) in [6.45, 7) is 8.94. The largest absolute Gasteiger partial charge is 0.389 e. The summed E-state index contributed by atoms with van der Waals surface area (Å²) in [5.74, 6) is 0. The molecule has 4 heteroatoms. The highest BCUT2D eigenvalue weighted by Gasteiger charge is 2.24. The Hall–Kier alpha value is -0.630. The van der Waals surface area contributed by atoms with E-state index in [2.05, 4.69) is 15.9 Å². The van der Waals surface area contributed by atoms with E-state index >= 15 is 0 Å². The van der Waals surface area contributed by atoms with Gasteiger partial charge in [-0.3, -0.25) is 9.80 Å². The highest BCUT2D eigenvalue weighted by molar-refractivity contribution is 4.83. The van der Waals surface area contributed by atoms with Crippen LogP contribution in [0, 0.1) is 11.3 Å². The molecule has 15 heavy (non-hydrogen) atoms. The summed E-state index contributed by atoms with van der Waals surface area (Å²) in [4.78, 5) is 4.43. The van der Waals surface area contributed by atoms with Crippen LogP contribution in [0.15, 0.2) is 0 Å². The van der Waals surface area contributed by atoms with Gasteiger partial charge in [0.1, 0.15) is 0 Å². The SMILES string of the molecule is CCC(C)(O)CN1CCN(CC#N)CC1. The average Bonchev–Trinajstić information content (AvgIpc) is 2.21. The number of nitrogens with zero attached hydrogens (tertiary/aromatic N) is 3. The summed E-state index contributed by atoms with van der Waals surface area (Å²) in [5.41, 5.74) is -0.572. The van der Waals surface area contributed by atoms with E-state index < -0.39 is 5.60 Å². The number of nitriles is 1. The van der Waals surface area contributed by atoms with Crippen LogP contribution in [-0.4, -0.2) is 59.8 Å². The topological polar surface area (TPSA) is 50.5 Å². The summed E-state index contributed by atoms with van der Waals surface area (Å²) in [7, 11) is 0. The number of piperazine rings is 1. The molecule has 0 aromatic carbocycles. The molecule has 1 saturated heterocycles. The summed E-state index contributed by atoms with van der Waals surface area (Å²) < 4.78 is 0. The molecule has 1 aliphatic rings. The van der Waals surface area contributed by atoms with Crippen molar-refractivity contribution in [1.29, 1.82) is 5.26 Å². The van der Waals surface area contributed by atoms with Crippen molar-refractivity contribution in [2.75, 3.05) is 39.3 Å². The van der Waals surface area contributed by atoms with Gasteiger partial charge in [0.05, 0.1) is 18.2 Å². The highest BCUT2D eigenvalue weighted by Crippen LogP contribution is 2.12. The number of hydrogen-bond donors (Lipinski definition) is 1. The van der Waals surface area contributed by atoms with Crippen molar-refractivity contribution >= 4 is 0 Å². The molecule has 0 radical (unpaired) electrons. The molecule has 1 N–H and O–H groups in total. The predicted octanol–water partition coefficient (Wildman–Crippen LogP) is 0.289. The lowest BCUT2D eigenvalue weighted by molar-refractivity contribution is 0.00278. The van der Waals surface area contributed by atoms with Gasteiger partial charge in [0.2, 0.25) is 0 Å². The van der Waals surface area contributed by atoms with Gasteiger partial charge in [0.25, 0.3) is 0 Å². The zero-order valence-corrected chi connectivity index (χ0v) is 9.74. The van der Waals surface area contributed by atoms with Crippen molar-refractivity contribution in [2.45, 2.75) is 25.9 Å².